The zero-order valence-electron chi connectivity index (χ0n) is 20.9. The van der Waals surface area contributed by atoms with Crippen molar-refractivity contribution in [3.63, 3.8) is 0 Å². The molecule has 8 N–H and O–H groups in total. The minimum absolute atomic E-state index is 0.100. The highest BCUT2D eigenvalue weighted by Gasteiger charge is 2.32. The fraction of sp³-hybridized carbons (Fsp3) is 0.542. The Morgan fingerprint density at radius 1 is 0.972 bits per heavy atom. The largest absolute Gasteiger partial charge is 0.480 e. The molecule has 1 rings (SSSR count). The van der Waals surface area contributed by atoms with E-state index in [4.69, 9.17) is 11.5 Å². The van der Waals surface area contributed by atoms with Gasteiger partial charge >= 0.3 is 5.97 Å². The number of thioether (sulfide) groups is 1. The van der Waals surface area contributed by atoms with E-state index in [1.807, 2.05) is 13.2 Å². The van der Waals surface area contributed by atoms with E-state index in [1.165, 1.54) is 11.8 Å². The SMILES string of the molecule is CCC(C)C(NC(=O)C(CCSC)NC(=O)C(Cc1ccccc1)NC(=O)C(N)CC(N)=O)C(=O)O. The highest BCUT2D eigenvalue weighted by atomic mass is 32.2. The molecule has 0 aromatic heterocycles. The standard InChI is InChI=1S/C24H37N5O6S/c1-4-14(2)20(24(34)35)29-22(32)17(10-11-36-3)27-23(33)18(12-15-8-6-5-7-9-15)28-21(31)16(25)13-19(26)30/h5-9,14,16-18,20H,4,10-13,25H2,1-3H3,(H2,26,30)(H,27,33)(H,28,31)(H,29,32)(H,34,35). The molecule has 0 aliphatic rings. The van der Waals surface area contributed by atoms with Crippen LogP contribution in [-0.4, -0.2) is 70.9 Å². The first-order valence-electron chi connectivity index (χ1n) is 11.7. The fourth-order valence-corrected chi connectivity index (χ4v) is 3.83. The number of rotatable bonds is 16. The van der Waals surface area contributed by atoms with Crippen molar-refractivity contribution in [3.8, 4) is 0 Å². The lowest BCUT2D eigenvalue weighted by Gasteiger charge is -2.26. The molecule has 0 bridgehead atoms. The summed E-state index contributed by atoms with van der Waals surface area (Å²) >= 11 is 1.46. The number of benzene rings is 1. The van der Waals surface area contributed by atoms with Crippen LogP contribution in [0, 0.1) is 5.92 Å². The number of primary amides is 1. The number of aliphatic carboxylic acids is 1. The summed E-state index contributed by atoms with van der Waals surface area (Å²) in [5.41, 5.74) is 11.6. The van der Waals surface area contributed by atoms with Crippen molar-refractivity contribution < 1.29 is 29.1 Å². The van der Waals surface area contributed by atoms with Crippen LogP contribution in [0.2, 0.25) is 0 Å². The Hall–Kier alpha value is -3.12. The summed E-state index contributed by atoms with van der Waals surface area (Å²) in [4.78, 5) is 61.6. The van der Waals surface area contributed by atoms with Crippen LogP contribution in [-0.2, 0) is 30.4 Å². The van der Waals surface area contributed by atoms with E-state index in [2.05, 4.69) is 16.0 Å². The van der Waals surface area contributed by atoms with E-state index < -0.39 is 60.2 Å². The first-order valence-corrected chi connectivity index (χ1v) is 13.1. The molecule has 0 aliphatic carbocycles. The normalized spacial score (nSPS) is 15.0. The van der Waals surface area contributed by atoms with E-state index in [0.717, 1.165) is 5.56 Å². The van der Waals surface area contributed by atoms with Gasteiger partial charge in [0, 0.05) is 6.42 Å². The molecule has 5 atom stereocenters. The van der Waals surface area contributed by atoms with Crippen LogP contribution < -0.4 is 27.4 Å². The van der Waals surface area contributed by atoms with Gasteiger partial charge in [-0.15, -0.1) is 0 Å². The van der Waals surface area contributed by atoms with Gasteiger partial charge in [0.1, 0.15) is 18.1 Å². The van der Waals surface area contributed by atoms with E-state index in [1.54, 1.807) is 37.3 Å². The quantitative estimate of drug-likeness (QED) is 0.171. The first-order chi connectivity index (χ1) is 17.0. The van der Waals surface area contributed by atoms with Crippen LogP contribution in [0.15, 0.2) is 30.3 Å². The van der Waals surface area contributed by atoms with Gasteiger partial charge in [-0.3, -0.25) is 19.2 Å². The molecule has 0 saturated carbocycles. The number of hydrogen-bond acceptors (Lipinski definition) is 7. The molecule has 0 radical (unpaired) electrons. The molecule has 4 amide bonds. The number of carboxylic acid groups (broad SMARTS) is 1. The van der Waals surface area contributed by atoms with E-state index in [-0.39, 0.29) is 18.8 Å². The predicted octanol–water partition coefficient (Wildman–Crippen LogP) is -0.230. The molecule has 0 fully saturated rings. The van der Waals surface area contributed by atoms with Crippen molar-refractivity contribution in [2.45, 2.75) is 63.7 Å². The summed E-state index contributed by atoms with van der Waals surface area (Å²) in [7, 11) is 0. The maximum absolute atomic E-state index is 13.3. The average molecular weight is 524 g/mol. The van der Waals surface area contributed by atoms with Crippen molar-refractivity contribution in [1.82, 2.24) is 16.0 Å². The van der Waals surface area contributed by atoms with Crippen LogP contribution in [0.5, 0.6) is 0 Å². The smallest absolute Gasteiger partial charge is 0.326 e. The molecule has 12 heteroatoms. The van der Waals surface area contributed by atoms with Crippen molar-refractivity contribution in [2.75, 3.05) is 12.0 Å². The van der Waals surface area contributed by atoms with Crippen molar-refractivity contribution in [1.29, 1.82) is 0 Å². The third-order valence-corrected chi connectivity index (χ3v) is 6.34. The third-order valence-electron chi connectivity index (χ3n) is 5.69. The summed E-state index contributed by atoms with van der Waals surface area (Å²) in [6.45, 7) is 3.54. The molecular formula is C24H37N5O6S. The fourth-order valence-electron chi connectivity index (χ4n) is 3.36. The number of carboxylic acids is 1. The first kappa shape index (κ1) is 30.9. The van der Waals surface area contributed by atoms with E-state index in [0.29, 0.717) is 12.2 Å². The Bertz CT molecular complexity index is 900. The number of carbonyl (C=O) groups excluding carboxylic acids is 4. The molecular weight excluding hydrogens is 486 g/mol. The number of nitrogens with two attached hydrogens (primary N) is 2. The Balaban J connectivity index is 3.10. The van der Waals surface area contributed by atoms with Gasteiger partial charge in [0.05, 0.1) is 12.5 Å². The highest BCUT2D eigenvalue weighted by Crippen LogP contribution is 2.10. The second-order valence-corrected chi connectivity index (χ2v) is 9.57. The minimum atomic E-state index is -1.24. The van der Waals surface area contributed by atoms with Crippen molar-refractivity contribution in [2.24, 2.45) is 17.4 Å². The summed E-state index contributed by atoms with van der Waals surface area (Å²) < 4.78 is 0. The van der Waals surface area contributed by atoms with E-state index >= 15 is 0 Å². The monoisotopic (exact) mass is 523 g/mol. The lowest BCUT2D eigenvalue weighted by atomic mass is 9.98. The number of carbonyl (C=O) groups is 5. The Morgan fingerprint density at radius 3 is 2.08 bits per heavy atom. The zero-order valence-corrected chi connectivity index (χ0v) is 21.7. The van der Waals surface area contributed by atoms with Crippen LogP contribution in [0.1, 0.15) is 38.7 Å². The van der Waals surface area contributed by atoms with Gasteiger partial charge in [-0.05, 0) is 29.9 Å². The van der Waals surface area contributed by atoms with E-state index in [9.17, 15) is 29.1 Å². The van der Waals surface area contributed by atoms with Crippen LogP contribution in [0.4, 0.5) is 0 Å². The van der Waals surface area contributed by atoms with Gasteiger partial charge in [0.2, 0.25) is 23.6 Å². The lowest BCUT2D eigenvalue weighted by molar-refractivity contribution is -0.143. The summed E-state index contributed by atoms with van der Waals surface area (Å²) in [6.07, 6.45) is 2.34. The lowest BCUT2D eigenvalue weighted by Crippen LogP contribution is -2.58. The number of amides is 4. The van der Waals surface area contributed by atoms with Gasteiger partial charge in [0.15, 0.2) is 0 Å². The molecule has 0 aliphatic heterocycles. The van der Waals surface area contributed by atoms with Crippen molar-refractivity contribution >= 4 is 41.4 Å². The molecule has 0 saturated heterocycles. The van der Waals surface area contributed by atoms with Gasteiger partial charge in [-0.2, -0.15) is 11.8 Å². The van der Waals surface area contributed by atoms with Crippen LogP contribution in [0.25, 0.3) is 0 Å². The maximum Gasteiger partial charge on any atom is 0.326 e. The third kappa shape index (κ3) is 10.6. The molecule has 200 valence electrons. The molecule has 1 aromatic rings. The average Bonchev–Trinajstić information content (AvgIpc) is 2.83. The van der Waals surface area contributed by atoms with Crippen LogP contribution in [0.3, 0.4) is 0 Å². The maximum atomic E-state index is 13.3. The van der Waals surface area contributed by atoms with Crippen LogP contribution >= 0.6 is 11.8 Å². The summed E-state index contributed by atoms with van der Waals surface area (Å²) in [6, 6.07) is 4.44. The molecule has 11 nitrogen and oxygen atoms in total. The summed E-state index contributed by atoms with van der Waals surface area (Å²) in [5.74, 6) is -3.72. The van der Waals surface area contributed by atoms with Gasteiger partial charge < -0.3 is 32.5 Å². The van der Waals surface area contributed by atoms with Crippen molar-refractivity contribution in [3.05, 3.63) is 35.9 Å². The Morgan fingerprint density at radius 2 is 1.56 bits per heavy atom. The minimum Gasteiger partial charge on any atom is -0.480 e. The Labute approximate surface area is 215 Å². The second-order valence-electron chi connectivity index (χ2n) is 8.58. The molecule has 1 aromatic carbocycles. The van der Waals surface area contributed by atoms with Gasteiger partial charge in [-0.25, -0.2) is 4.79 Å². The zero-order chi connectivity index (χ0) is 27.3. The summed E-state index contributed by atoms with van der Waals surface area (Å²) in [5, 5.41) is 17.3. The number of hydrogen-bond donors (Lipinski definition) is 6. The number of nitrogens with one attached hydrogen (secondary N) is 3. The predicted molar refractivity (Wildman–Crippen MR) is 138 cm³/mol. The topological polar surface area (TPSA) is 194 Å². The molecule has 0 spiro atoms. The van der Waals surface area contributed by atoms with Gasteiger partial charge in [0.25, 0.3) is 0 Å². The Kier molecular flexibility index (Phi) is 13.6. The second kappa shape index (κ2) is 15.8. The molecule has 5 unspecified atom stereocenters. The highest BCUT2D eigenvalue weighted by molar-refractivity contribution is 7.98. The molecule has 0 heterocycles. The van der Waals surface area contributed by atoms with Gasteiger partial charge in [-0.1, -0.05) is 50.6 Å². The molecule has 36 heavy (non-hydrogen) atoms.